The van der Waals surface area contributed by atoms with Gasteiger partial charge in [-0.25, -0.2) is 0 Å². The summed E-state index contributed by atoms with van der Waals surface area (Å²) in [6.45, 7) is 7.40. The normalized spacial score (nSPS) is 12.5. The molecule has 16 heavy (non-hydrogen) atoms. The van der Waals surface area contributed by atoms with Crippen LogP contribution in [0.5, 0.6) is 0 Å². The molecule has 90 valence electrons. The Morgan fingerprint density at radius 3 is 2.81 bits per heavy atom. The van der Waals surface area contributed by atoms with E-state index >= 15 is 0 Å². The van der Waals surface area contributed by atoms with Crippen molar-refractivity contribution >= 4 is 11.7 Å². The maximum absolute atomic E-state index is 11.8. The molecular weight excluding hydrogens is 204 g/mol. The molecule has 1 amide bonds. The van der Waals surface area contributed by atoms with E-state index in [1.165, 1.54) is 0 Å². The van der Waals surface area contributed by atoms with Gasteiger partial charge in [-0.15, -0.1) is 0 Å². The number of amides is 1. The highest BCUT2D eigenvalue weighted by Crippen LogP contribution is 2.09. The van der Waals surface area contributed by atoms with Crippen LogP contribution >= 0.6 is 0 Å². The first kappa shape index (κ1) is 12.7. The second-order valence-corrected chi connectivity index (χ2v) is 3.99. The lowest BCUT2D eigenvalue weighted by Gasteiger charge is -2.12. The molecule has 1 aromatic rings. The Labute approximate surface area is 96.2 Å². The number of hydrogen-bond donors (Lipinski definition) is 2. The molecule has 1 unspecified atom stereocenters. The maximum Gasteiger partial charge on any atom is 0.229 e. The molecule has 5 heteroatoms. The molecule has 0 spiro atoms. The Bertz CT molecular complexity index is 359. The summed E-state index contributed by atoms with van der Waals surface area (Å²) < 4.78 is 1.67. The van der Waals surface area contributed by atoms with E-state index in [1.54, 1.807) is 4.68 Å². The second-order valence-electron chi connectivity index (χ2n) is 3.99. The number of aryl methyl sites for hydroxylation is 2. The zero-order chi connectivity index (χ0) is 12.1. The van der Waals surface area contributed by atoms with E-state index in [0.717, 1.165) is 18.1 Å². The van der Waals surface area contributed by atoms with E-state index in [1.807, 2.05) is 33.9 Å². The van der Waals surface area contributed by atoms with Crippen molar-refractivity contribution in [3.05, 3.63) is 11.8 Å². The van der Waals surface area contributed by atoms with Gasteiger partial charge >= 0.3 is 0 Å². The summed E-state index contributed by atoms with van der Waals surface area (Å²) in [7, 11) is 1.82. The summed E-state index contributed by atoms with van der Waals surface area (Å²) in [6, 6.07) is 1.86. The summed E-state index contributed by atoms with van der Waals surface area (Å²) in [5, 5.41) is 10.2. The van der Waals surface area contributed by atoms with E-state index in [-0.39, 0.29) is 11.8 Å². The lowest BCUT2D eigenvalue weighted by molar-refractivity contribution is -0.119. The number of anilines is 1. The van der Waals surface area contributed by atoms with E-state index in [0.29, 0.717) is 6.54 Å². The quantitative estimate of drug-likeness (QED) is 0.781. The summed E-state index contributed by atoms with van der Waals surface area (Å²) in [5.74, 6) is 0.713. The fourth-order valence-corrected chi connectivity index (χ4v) is 1.43. The van der Waals surface area contributed by atoms with Crippen LogP contribution in [0.1, 0.15) is 19.5 Å². The second kappa shape index (κ2) is 5.65. The monoisotopic (exact) mass is 224 g/mol. The van der Waals surface area contributed by atoms with Crippen LogP contribution in [0.3, 0.4) is 0 Å². The van der Waals surface area contributed by atoms with Crippen molar-refractivity contribution in [2.45, 2.75) is 20.8 Å². The molecule has 0 aliphatic carbocycles. The van der Waals surface area contributed by atoms with Gasteiger partial charge in [-0.05, 0) is 13.5 Å². The van der Waals surface area contributed by atoms with Gasteiger partial charge in [0.2, 0.25) is 5.91 Å². The third-order valence-electron chi connectivity index (χ3n) is 2.40. The van der Waals surface area contributed by atoms with Crippen LogP contribution in [-0.2, 0) is 11.8 Å². The Morgan fingerprint density at radius 1 is 1.62 bits per heavy atom. The molecule has 2 N–H and O–H groups in total. The first-order chi connectivity index (χ1) is 7.54. The zero-order valence-corrected chi connectivity index (χ0v) is 10.4. The van der Waals surface area contributed by atoms with Crippen LogP contribution in [0.25, 0.3) is 0 Å². The van der Waals surface area contributed by atoms with Gasteiger partial charge in [0.25, 0.3) is 0 Å². The predicted octanol–water partition coefficient (Wildman–Crippen LogP) is 0.913. The Morgan fingerprint density at radius 2 is 2.31 bits per heavy atom. The molecule has 0 aromatic carbocycles. The molecular formula is C11H20N4O. The van der Waals surface area contributed by atoms with Crippen molar-refractivity contribution in [1.29, 1.82) is 0 Å². The highest BCUT2D eigenvalue weighted by Gasteiger charge is 2.14. The average Bonchev–Trinajstić information content (AvgIpc) is 2.53. The predicted molar refractivity (Wildman–Crippen MR) is 64.3 cm³/mol. The van der Waals surface area contributed by atoms with Gasteiger partial charge in [0, 0.05) is 25.6 Å². The van der Waals surface area contributed by atoms with Crippen LogP contribution in [0.2, 0.25) is 0 Å². The molecule has 0 saturated carbocycles. The summed E-state index contributed by atoms with van der Waals surface area (Å²) in [5.41, 5.74) is 0.900. The van der Waals surface area contributed by atoms with Crippen LogP contribution in [0, 0.1) is 12.8 Å². The van der Waals surface area contributed by atoms with Gasteiger partial charge in [-0.1, -0.05) is 13.8 Å². The molecule has 1 aromatic heterocycles. The standard InChI is InChI=1S/C11H20N4O/c1-5-12-7-8(2)11(16)13-10-6-9(3)14-15(10)4/h6,8,12H,5,7H2,1-4H3,(H,13,16). The van der Waals surface area contributed by atoms with Crippen LogP contribution in [0.4, 0.5) is 5.82 Å². The lowest BCUT2D eigenvalue weighted by atomic mass is 10.1. The highest BCUT2D eigenvalue weighted by atomic mass is 16.2. The lowest BCUT2D eigenvalue weighted by Crippen LogP contribution is -2.30. The van der Waals surface area contributed by atoms with Gasteiger partial charge in [0.15, 0.2) is 0 Å². The minimum atomic E-state index is -0.0462. The van der Waals surface area contributed by atoms with Crippen LogP contribution in [-0.4, -0.2) is 28.8 Å². The van der Waals surface area contributed by atoms with E-state index < -0.39 is 0 Å². The van der Waals surface area contributed by atoms with Gasteiger partial charge < -0.3 is 10.6 Å². The number of nitrogens with one attached hydrogen (secondary N) is 2. The number of carbonyl (C=O) groups excluding carboxylic acids is 1. The van der Waals surface area contributed by atoms with Crippen molar-refractivity contribution in [3.63, 3.8) is 0 Å². The maximum atomic E-state index is 11.8. The topological polar surface area (TPSA) is 59.0 Å². The summed E-state index contributed by atoms with van der Waals surface area (Å²) in [4.78, 5) is 11.8. The zero-order valence-electron chi connectivity index (χ0n) is 10.4. The molecule has 0 fully saturated rings. The fourth-order valence-electron chi connectivity index (χ4n) is 1.43. The third kappa shape index (κ3) is 3.34. The molecule has 0 bridgehead atoms. The van der Waals surface area contributed by atoms with Crippen molar-refractivity contribution in [2.75, 3.05) is 18.4 Å². The van der Waals surface area contributed by atoms with Gasteiger partial charge in [-0.2, -0.15) is 5.10 Å². The van der Waals surface area contributed by atoms with Crippen molar-refractivity contribution in [3.8, 4) is 0 Å². The number of hydrogen-bond acceptors (Lipinski definition) is 3. The number of rotatable bonds is 5. The Kier molecular flexibility index (Phi) is 4.49. The largest absolute Gasteiger partial charge is 0.316 e. The molecule has 1 rings (SSSR count). The minimum Gasteiger partial charge on any atom is -0.316 e. The molecule has 0 radical (unpaired) electrons. The van der Waals surface area contributed by atoms with Crippen molar-refractivity contribution in [2.24, 2.45) is 13.0 Å². The highest BCUT2D eigenvalue weighted by molar-refractivity contribution is 5.91. The molecule has 5 nitrogen and oxygen atoms in total. The summed E-state index contributed by atoms with van der Waals surface area (Å²) in [6.07, 6.45) is 0. The van der Waals surface area contributed by atoms with Crippen molar-refractivity contribution < 1.29 is 4.79 Å². The van der Waals surface area contributed by atoms with Gasteiger partial charge in [-0.3, -0.25) is 9.48 Å². The molecule has 0 aliphatic rings. The number of carbonyl (C=O) groups is 1. The Balaban J connectivity index is 2.53. The first-order valence-corrected chi connectivity index (χ1v) is 5.56. The Hall–Kier alpha value is -1.36. The van der Waals surface area contributed by atoms with E-state index in [4.69, 9.17) is 0 Å². The first-order valence-electron chi connectivity index (χ1n) is 5.56. The van der Waals surface area contributed by atoms with Crippen molar-refractivity contribution in [1.82, 2.24) is 15.1 Å². The number of aromatic nitrogens is 2. The average molecular weight is 224 g/mol. The molecule has 0 saturated heterocycles. The molecule has 1 atom stereocenters. The van der Waals surface area contributed by atoms with E-state index in [2.05, 4.69) is 15.7 Å². The summed E-state index contributed by atoms with van der Waals surface area (Å²) >= 11 is 0. The van der Waals surface area contributed by atoms with Gasteiger partial charge in [0.1, 0.15) is 5.82 Å². The van der Waals surface area contributed by atoms with Gasteiger partial charge in [0.05, 0.1) is 5.69 Å². The number of nitrogens with zero attached hydrogens (tertiary/aromatic N) is 2. The molecule has 0 aliphatic heterocycles. The minimum absolute atomic E-state index is 0.0175. The van der Waals surface area contributed by atoms with E-state index in [9.17, 15) is 4.79 Å². The SMILES string of the molecule is CCNCC(C)C(=O)Nc1cc(C)nn1C. The third-order valence-corrected chi connectivity index (χ3v) is 2.40. The smallest absolute Gasteiger partial charge is 0.229 e. The molecule has 1 heterocycles. The van der Waals surface area contributed by atoms with Crippen LogP contribution < -0.4 is 10.6 Å². The van der Waals surface area contributed by atoms with Crippen LogP contribution in [0.15, 0.2) is 6.07 Å². The fraction of sp³-hybridized carbons (Fsp3) is 0.636.